The van der Waals surface area contributed by atoms with Crippen LogP contribution in [0, 0.1) is 20.2 Å². The molecule has 0 bridgehead atoms. The Hall–Kier alpha value is -3.69. The largest absolute Gasteiger partial charge is 0.497 e. The number of benzene rings is 2. The molecule has 0 aromatic heterocycles. The van der Waals surface area contributed by atoms with Crippen LogP contribution in [0.15, 0.2) is 42.5 Å². The topological polar surface area (TPSA) is 125 Å². The van der Waals surface area contributed by atoms with Gasteiger partial charge in [-0.1, -0.05) is 7.43 Å². The van der Waals surface area contributed by atoms with Gasteiger partial charge in [-0.2, -0.15) is 0 Å². The van der Waals surface area contributed by atoms with E-state index < -0.39 is 27.1 Å². The Labute approximate surface area is 168 Å². The molecule has 0 spiro atoms. The quantitative estimate of drug-likeness (QED) is 0.460. The lowest BCUT2D eigenvalue weighted by molar-refractivity contribution is -0.394. The summed E-state index contributed by atoms with van der Waals surface area (Å²) in [7, 11) is 1.55. The van der Waals surface area contributed by atoms with Crippen molar-refractivity contribution in [3.63, 3.8) is 0 Å². The second kappa shape index (κ2) is 10.6. The molecule has 0 heterocycles. The summed E-state index contributed by atoms with van der Waals surface area (Å²) >= 11 is 0. The van der Waals surface area contributed by atoms with Crippen LogP contribution in [0.5, 0.6) is 11.5 Å². The van der Waals surface area contributed by atoms with Gasteiger partial charge in [0.25, 0.3) is 17.3 Å². The molecule has 1 amide bonds. The number of ether oxygens (including phenoxy) is 2. The van der Waals surface area contributed by atoms with Crippen LogP contribution in [0.2, 0.25) is 0 Å². The van der Waals surface area contributed by atoms with Crippen LogP contribution in [0.4, 0.5) is 11.4 Å². The number of hydrogen-bond acceptors (Lipinski definition) is 7. The summed E-state index contributed by atoms with van der Waals surface area (Å²) in [5, 5.41) is 22.0. The van der Waals surface area contributed by atoms with Gasteiger partial charge in [-0.15, -0.1) is 0 Å². The van der Waals surface area contributed by atoms with Crippen LogP contribution in [0.1, 0.15) is 24.7 Å². The summed E-state index contributed by atoms with van der Waals surface area (Å²) in [6.07, 6.45) is 0. The summed E-state index contributed by atoms with van der Waals surface area (Å²) in [6.45, 7) is 2.43. The van der Waals surface area contributed by atoms with Crippen molar-refractivity contribution in [1.82, 2.24) is 4.90 Å². The molecule has 0 atom stereocenters. The summed E-state index contributed by atoms with van der Waals surface area (Å²) in [4.78, 5) is 34.5. The van der Waals surface area contributed by atoms with Gasteiger partial charge in [-0.05, 0) is 31.2 Å². The maximum Gasteiger partial charge on any atom is 0.277 e. The Morgan fingerprint density at radius 2 is 1.52 bits per heavy atom. The Kier molecular flexibility index (Phi) is 8.53. The molecule has 10 nitrogen and oxygen atoms in total. The summed E-state index contributed by atoms with van der Waals surface area (Å²) in [5.41, 5.74) is -1.14. The Morgan fingerprint density at radius 3 is 1.97 bits per heavy atom. The highest BCUT2D eigenvalue weighted by Gasteiger charge is 2.22. The minimum Gasteiger partial charge on any atom is -0.497 e. The van der Waals surface area contributed by atoms with Crippen LogP contribution in [-0.4, -0.2) is 47.5 Å². The first-order valence-electron chi connectivity index (χ1n) is 8.35. The minimum atomic E-state index is -0.771. The molecule has 29 heavy (non-hydrogen) atoms. The van der Waals surface area contributed by atoms with Crippen LogP contribution in [-0.2, 0) is 0 Å². The van der Waals surface area contributed by atoms with E-state index in [4.69, 9.17) is 9.47 Å². The number of nitro benzene ring substituents is 2. The van der Waals surface area contributed by atoms with Crippen molar-refractivity contribution in [3.8, 4) is 11.5 Å². The lowest BCUT2D eigenvalue weighted by atomic mass is 10.1. The number of methoxy groups -OCH3 is 1. The van der Waals surface area contributed by atoms with Gasteiger partial charge in [0.05, 0.1) is 35.1 Å². The first kappa shape index (κ1) is 23.3. The van der Waals surface area contributed by atoms with Gasteiger partial charge in [-0.25, -0.2) is 0 Å². The van der Waals surface area contributed by atoms with E-state index in [9.17, 15) is 25.0 Å². The smallest absolute Gasteiger partial charge is 0.277 e. The maximum atomic E-state index is 12.7. The van der Waals surface area contributed by atoms with E-state index in [2.05, 4.69) is 0 Å². The lowest BCUT2D eigenvalue weighted by Crippen LogP contribution is -2.34. The van der Waals surface area contributed by atoms with Crippen LogP contribution < -0.4 is 9.47 Å². The van der Waals surface area contributed by atoms with Crippen molar-refractivity contribution in [1.29, 1.82) is 0 Å². The number of non-ortho nitro benzene ring substituents is 2. The lowest BCUT2D eigenvalue weighted by Gasteiger charge is -2.21. The van der Waals surface area contributed by atoms with E-state index in [0.717, 1.165) is 18.2 Å². The zero-order valence-electron chi connectivity index (χ0n) is 15.4. The molecule has 0 saturated carbocycles. The average molecular weight is 405 g/mol. The SMILES string of the molecule is C.CCN(CCOc1ccc(OC)cc1)C(=O)c1cc([N+](=O)[O-])cc([N+](=O)[O-])c1. The number of carbonyl (C=O) groups excluding carboxylic acids is 1. The first-order chi connectivity index (χ1) is 13.3. The number of likely N-dealkylation sites (N-methyl/N-ethyl adjacent to an activating group) is 1. The zero-order valence-corrected chi connectivity index (χ0v) is 15.4. The number of nitro groups is 2. The molecule has 0 saturated heterocycles. The Morgan fingerprint density at radius 1 is 1.00 bits per heavy atom. The second-order valence-corrected chi connectivity index (χ2v) is 5.66. The standard InChI is InChI=1S/C18H19N3O7.CH4/c1-3-19(8-9-28-17-6-4-16(27-2)5-7-17)18(22)13-10-14(20(23)24)12-15(11-13)21(25)26;/h4-7,10-12H,3,8-9H2,1-2H3;1H4. The third kappa shape index (κ3) is 6.16. The third-order valence-corrected chi connectivity index (χ3v) is 3.93. The van der Waals surface area contributed by atoms with E-state index in [-0.39, 0.29) is 26.1 Å². The van der Waals surface area contributed by atoms with Crippen LogP contribution in [0.25, 0.3) is 0 Å². The molecule has 0 aliphatic heterocycles. The van der Waals surface area contributed by atoms with E-state index in [1.807, 2.05) is 0 Å². The molecular weight excluding hydrogens is 382 g/mol. The number of amides is 1. The Balaban J connectivity index is 0.00000420. The maximum absolute atomic E-state index is 12.7. The highest BCUT2D eigenvalue weighted by Crippen LogP contribution is 2.24. The fourth-order valence-corrected chi connectivity index (χ4v) is 2.46. The van der Waals surface area contributed by atoms with Gasteiger partial charge in [-0.3, -0.25) is 25.0 Å². The molecule has 2 aromatic rings. The fraction of sp³-hybridized carbons (Fsp3) is 0.316. The van der Waals surface area contributed by atoms with Crippen molar-refractivity contribution in [2.24, 2.45) is 0 Å². The predicted octanol–water partition coefficient (Wildman–Crippen LogP) is 3.69. The number of carbonyl (C=O) groups is 1. The molecule has 0 N–H and O–H groups in total. The molecular formula is C19H23N3O7. The van der Waals surface area contributed by atoms with E-state index in [1.54, 1.807) is 38.3 Å². The molecule has 0 radical (unpaired) electrons. The molecule has 10 heteroatoms. The molecule has 2 aromatic carbocycles. The normalized spacial score (nSPS) is 9.86. The number of nitrogens with zero attached hydrogens (tertiary/aromatic N) is 3. The van der Waals surface area contributed by atoms with Crippen molar-refractivity contribution in [2.75, 3.05) is 26.8 Å². The second-order valence-electron chi connectivity index (χ2n) is 5.66. The molecule has 2 rings (SSSR count). The molecule has 0 aliphatic carbocycles. The minimum absolute atomic E-state index is 0. The van der Waals surface area contributed by atoms with Gasteiger partial charge in [0, 0.05) is 18.7 Å². The highest BCUT2D eigenvalue weighted by molar-refractivity contribution is 5.95. The van der Waals surface area contributed by atoms with E-state index >= 15 is 0 Å². The monoisotopic (exact) mass is 405 g/mol. The molecule has 0 fully saturated rings. The Bertz CT molecular complexity index is 836. The van der Waals surface area contributed by atoms with E-state index in [1.165, 1.54) is 4.90 Å². The fourth-order valence-electron chi connectivity index (χ4n) is 2.46. The molecule has 0 unspecified atom stereocenters. The summed E-state index contributed by atoms with van der Waals surface area (Å²) in [6, 6.07) is 9.80. The van der Waals surface area contributed by atoms with Crippen molar-refractivity contribution in [3.05, 3.63) is 68.3 Å². The first-order valence-corrected chi connectivity index (χ1v) is 8.35. The van der Waals surface area contributed by atoms with Crippen molar-refractivity contribution < 1.29 is 24.1 Å². The van der Waals surface area contributed by atoms with Gasteiger partial charge in [0.2, 0.25) is 0 Å². The summed E-state index contributed by atoms with van der Waals surface area (Å²) in [5.74, 6) is 0.730. The number of rotatable bonds is 9. The molecule has 0 aliphatic rings. The third-order valence-electron chi connectivity index (χ3n) is 3.93. The van der Waals surface area contributed by atoms with Crippen molar-refractivity contribution in [2.45, 2.75) is 14.4 Å². The van der Waals surface area contributed by atoms with Crippen LogP contribution >= 0.6 is 0 Å². The van der Waals surface area contributed by atoms with Gasteiger partial charge < -0.3 is 14.4 Å². The predicted molar refractivity (Wildman–Crippen MR) is 107 cm³/mol. The average Bonchev–Trinajstić information content (AvgIpc) is 2.70. The highest BCUT2D eigenvalue weighted by atomic mass is 16.6. The number of hydrogen-bond donors (Lipinski definition) is 0. The van der Waals surface area contributed by atoms with Gasteiger partial charge in [0.15, 0.2) is 0 Å². The summed E-state index contributed by atoms with van der Waals surface area (Å²) < 4.78 is 10.6. The zero-order chi connectivity index (χ0) is 20.7. The van der Waals surface area contributed by atoms with Gasteiger partial charge >= 0.3 is 0 Å². The van der Waals surface area contributed by atoms with Crippen molar-refractivity contribution >= 4 is 17.3 Å². The van der Waals surface area contributed by atoms with Gasteiger partial charge in [0.1, 0.15) is 18.1 Å². The van der Waals surface area contributed by atoms with Crippen LogP contribution in [0.3, 0.4) is 0 Å². The molecule has 156 valence electrons. The van der Waals surface area contributed by atoms with E-state index in [0.29, 0.717) is 18.0 Å².